The van der Waals surface area contributed by atoms with E-state index in [1.54, 1.807) is 12.1 Å². The highest BCUT2D eigenvalue weighted by Crippen LogP contribution is 2.03. The maximum Gasteiger partial charge on any atom is 0.251 e. The molecule has 1 saturated heterocycles. The number of amides is 1. The molecule has 15 heavy (non-hydrogen) atoms. The minimum atomic E-state index is -0.294. The van der Waals surface area contributed by atoms with Crippen LogP contribution in [0.15, 0.2) is 30.3 Å². The monoisotopic (exact) mass is 207 g/mol. The van der Waals surface area contributed by atoms with Crippen LogP contribution in [0, 0.1) is 0 Å². The Morgan fingerprint density at radius 3 is 2.60 bits per heavy atom. The molecule has 0 bridgehead atoms. The molecule has 2 rings (SSSR count). The molecule has 0 aliphatic carbocycles. The van der Waals surface area contributed by atoms with Gasteiger partial charge in [-0.05, 0) is 12.1 Å². The molecule has 4 nitrogen and oxygen atoms in total. The summed E-state index contributed by atoms with van der Waals surface area (Å²) in [5.74, 6) is -0.102. The fraction of sp³-hybridized carbons (Fsp3) is 0.364. The molecular formula is C11H13NO3. The second-order valence-electron chi connectivity index (χ2n) is 3.25. The van der Waals surface area contributed by atoms with Crippen molar-refractivity contribution in [2.75, 3.05) is 19.8 Å². The molecule has 1 heterocycles. The van der Waals surface area contributed by atoms with Gasteiger partial charge in [0.1, 0.15) is 0 Å². The highest BCUT2D eigenvalue weighted by molar-refractivity contribution is 5.94. The second kappa shape index (κ2) is 4.91. The maximum atomic E-state index is 11.6. The fourth-order valence-electron chi connectivity index (χ4n) is 1.39. The van der Waals surface area contributed by atoms with Crippen LogP contribution >= 0.6 is 0 Å². The van der Waals surface area contributed by atoms with E-state index >= 15 is 0 Å². The molecule has 0 saturated carbocycles. The number of carbonyl (C=O) groups excluding carboxylic acids is 1. The number of hydrogen-bond acceptors (Lipinski definition) is 3. The molecule has 80 valence electrons. The maximum absolute atomic E-state index is 11.6. The molecule has 0 atom stereocenters. The third kappa shape index (κ3) is 2.78. The SMILES string of the molecule is O=C(NCC1OCCO1)c1ccccc1. The Balaban J connectivity index is 1.82. The first-order valence-corrected chi connectivity index (χ1v) is 4.93. The molecule has 1 fully saturated rings. The topological polar surface area (TPSA) is 47.6 Å². The van der Waals surface area contributed by atoms with E-state index < -0.39 is 0 Å². The van der Waals surface area contributed by atoms with Crippen LogP contribution in [-0.4, -0.2) is 32.0 Å². The van der Waals surface area contributed by atoms with Gasteiger partial charge in [-0.3, -0.25) is 4.79 Å². The van der Waals surface area contributed by atoms with E-state index in [1.165, 1.54) is 0 Å². The zero-order chi connectivity index (χ0) is 10.5. The molecule has 0 spiro atoms. The van der Waals surface area contributed by atoms with E-state index in [4.69, 9.17) is 9.47 Å². The summed E-state index contributed by atoms with van der Waals surface area (Å²) in [4.78, 5) is 11.6. The van der Waals surface area contributed by atoms with E-state index in [2.05, 4.69) is 5.32 Å². The molecule has 4 heteroatoms. The van der Waals surface area contributed by atoms with Gasteiger partial charge in [0.2, 0.25) is 0 Å². The zero-order valence-electron chi connectivity index (χ0n) is 8.31. The summed E-state index contributed by atoms with van der Waals surface area (Å²) in [6.07, 6.45) is -0.294. The van der Waals surface area contributed by atoms with Crippen molar-refractivity contribution in [2.45, 2.75) is 6.29 Å². The zero-order valence-corrected chi connectivity index (χ0v) is 8.31. The largest absolute Gasteiger partial charge is 0.348 e. The Hall–Kier alpha value is -1.39. The number of hydrogen-bond donors (Lipinski definition) is 1. The van der Waals surface area contributed by atoms with Crippen LogP contribution in [0.3, 0.4) is 0 Å². The number of carbonyl (C=O) groups is 1. The van der Waals surface area contributed by atoms with Crippen LogP contribution in [0.4, 0.5) is 0 Å². The summed E-state index contributed by atoms with van der Waals surface area (Å²) in [6.45, 7) is 1.60. The van der Waals surface area contributed by atoms with Crippen molar-refractivity contribution in [3.63, 3.8) is 0 Å². The molecule has 0 unspecified atom stereocenters. The third-order valence-electron chi connectivity index (χ3n) is 2.16. The molecule has 1 aromatic carbocycles. The summed E-state index contributed by atoms with van der Waals surface area (Å²) in [5, 5.41) is 2.75. The van der Waals surface area contributed by atoms with Crippen molar-refractivity contribution in [3.05, 3.63) is 35.9 Å². The first-order valence-electron chi connectivity index (χ1n) is 4.93. The Kier molecular flexibility index (Phi) is 3.32. The average Bonchev–Trinajstić information content (AvgIpc) is 2.80. The Morgan fingerprint density at radius 2 is 1.93 bits per heavy atom. The quantitative estimate of drug-likeness (QED) is 0.797. The predicted molar refractivity (Wildman–Crippen MR) is 54.5 cm³/mol. The van der Waals surface area contributed by atoms with Gasteiger partial charge in [0.15, 0.2) is 6.29 Å². The third-order valence-corrected chi connectivity index (χ3v) is 2.16. The van der Waals surface area contributed by atoms with Crippen molar-refractivity contribution in [1.29, 1.82) is 0 Å². The van der Waals surface area contributed by atoms with Gasteiger partial charge < -0.3 is 14.8 Å². The van der Waals surface area contributed by atoms with Gasteiger partial charge in [-0.1, -0.05) is 18.2 Å². The van der Waals surface area contributed by atoms with Gasteiger partial charge in [0.05, 0.1) is 19.8 Å². The minimum Gasteiger partial charge on any atom is -0.348 e. The molecule has 1 aliphatic rings. The standard InChI is InChI=1S/C11H13NO3/c13-11(9-4-2-1-3-5-9)12-8-10-14-6-7-15-10/h1-5,10H,6-8H2,(H,12,13). The van der Waals surface area contributed by atoms with Crippen LogP contribution in [0.25, 0.3) is 0 Å². The molecule has 1 N–H and O–H groups in total. The first-order chi connectivity index (χ1) is 7.36. The Labute approximate surface area is 88.2 Å². The van der Waals surface area contributed by atoms with Crippen LogP contribution < -0.4 is 5.32 Å². The number of benzene rings is 1. The highest BCUT2D eigenvalue weighted by Gasteiger charge is 2.16. The lowest BCUT2D eigenvalue weighted by molar-refractivity contribution is -0.0379. The average molecular weight is 207 g/mol. The summed E-state index contributed by atoms with van der Waals surface area (Å²) < 4.78 is 10.4. The summed E-state index contributed by atoms with van der Waals surface area (Å²) in [7, 11) is 0. The van der Waals surface area contributed by atoms with E-state index in [9.17, 15) is 4.79 Å². The van der Waals surface area contributed by atoms with Crippen LogP contribution in [0.1, 0.15) is 10.4 Å². The summed E-state index contributed by atoms with van der Waals surface area (Å²) >= 11 is 0. The van der Waals surface area contributed by atoms with Crippen molar-refractivity contribution < 1.29 is 14.3 Å². The molecule has 0 aromatic heterocycles. The number of rotatable bonds is 3. The molecular weight excluding hydrogens is 194 g/mol. The number of nitrogens with one attached hydrogen (secondary N) is 1. The first kappa shape index (κ1) is 10.1. The molecule has 1 amide bonds. The predicted octanol–water partition coefficient (Wildman–Crippen LogP) is 0.789. The Morgan fingerprint density at radius 1 is 1.27 bits per heavy atom. The van der Waals surface area contributed by atoms with Crippen molar-refractivity contribution in [3.8, 4) is 0 Å². The van der Waals surface area contributed by atoms with Gasteiger partial charge >= 0.3 is 0 Å². The molecule has 1 aliphatic heterocycles. The Bertz CT molecular complexity index is 320. The number of ether oxygens (including phenoxy) is 2. The fourth-order valence-corrected chi connectivity index (χ4v) is 1.39. The second-order valence-corrected chi connectivity index (χ2v) is 3.25. The van der Waals surface area contributed by atoms with Crippen LogP contribution in [0.5, 0.6) is 0 Å². The van der Waals surface area contributed by atoms with Gasteiger partial charge in [-0.15, -0.1) is 0 Å². The molecule has 0 radical (unpaired) electrons. The van der Waals surface area contributed by atoms with Gasteiger partial charge in [-0.25, -0.2) is 0 Å². The van der Waals surface area contributed by atoms with Crippen LogP contribution in [0.2, 0.25) is 0 Å². The summed E-state index contributed by atoms with van der Waals surface area (Å²) in [6, 6.07) is 9.08. The minimum absolute atomic E-state index is 0.102. The van der Waals surface area contributed by atoms with Gasteiger partial charge in [-0.2, -0.15) is 0 Å². The van der Waals surface area contributed by atoms with Crippen LogP contribution in [-0.2, 0) is 9.47 Å². The normalized spacial score (nSPS) is 16.5. The lowest BCUT2D eigenvalue weighted by Gasteiger charge is -2.10. The summed E-state index contributed by atoms with van der Waals surface area (Å²) in [5.41, 5.74) is 0.649. The smallest absolute Gasteiger partial charge is 0.251 e. The van der Waals surface area contributed by atoms with Gasteiger partial charge in [0.25, 0.3) is 5.91 Å². The van der Waals surface area contributed by atoms with E-state index in [1.807, 2.05) is 18.2 Å². The lowest BCUT2D eigenvalue weighted by atomic mass is 10.2. The van der Waals surface area contributed by atoms with E-state index in [0.29, 0.717) is 25.3 Å². The van der Waals surface area contributed by atoms with Crippen molar-refractivity contribution in [1.82, 2.24) is 5.32 Å². The van der Waals surface area contributed by atoms with Crippen molar-refractivity contribution >= 4 is 5.91 Å². The van der Waals surface area contributed by atoms with E-state index in [0.717, 1.165) is 0 Å². The van der Waals surface area contributed by atoms with Gasteiger partial charge in [0, 0.05) is 5.56 Å². The lowest BCUT2D eigenvalue weighted by Crippen LogP contribution is -2.32. The molecule has 1 aromatic rings. The highest BCUT2D eigenvalue weighted by atomic mass is 16.7. The van der Waals surface area contributed by atoms with Crippen molar-refractivity contribution in [2.24, 2.45) is 0 Å². The van der Waals surface area contributed by atoms with E-state index in [-0.39, 0.29) is 12.2 Å².